The molecule has 0 amide bonds. The molecule has 0 bridgehead atoms. The molecule has 0 aliphatic heterocycles. The number of benzene rings is 1. The lowest BCUT2D eigenvalue weighted by atomic mass is 10.1. The summed E-state index contributed by atoms with van der Waals surface area (Å²) in [4.78, 5) is 0. The molecule has 1 heterocycles. The van der Waals surface area contributed by atoms with E-state index in [2.05, 4.69) is 5.10 Å². The first-order valence-electron chi connectivity index (χ1n) is 5.85. The van der Waals surface area contributed by atoms with Gasteiger partial charge in [0.1, 0.15) is 0 Å². The molecule has 0 saturated carbocycles. The SMILES string of the molecule is CCn1cc(Oc2ccc([C@H](C)N)cc2F)cn1. The van der Waals surface area contributed by atoms with Crippen LogP contribution in [0.5, 0.6) is 11.5 Å². The van der Waals surface area contributed by atoms with Crippen molar-refractivity contribution in [2.45, 2.75) is 26.4 Å². The van der Waals surface area contributed by atoms with Gasteiger partial charge in [-0.3, -0.25) is 4.68 Å². The van der Waals surface area contributed by atoms with E-state index in [0.717, 1.165) is 12.1 Å². The molecule has 5 heteroatoms. The highest BCUT2D eigenvalue weighted by atomic mass is 19.1. The van der Waals surface area contributed by atoms with E-state index >= 15 is 0 Å². The number of ether oxygens (including phenoxy) is 1. The van der Waals surface area contributed by atoms with Gasteiger partial charge in [-0.15, -0.1) is 0 Å². The maximum Gasteiger partial charge on any atom is 0.166 e. The molecule has 2 aromatic rings. The van der Waals surface area contributed by atoms with Gasteiger partial charge in [0.15, 0.2) is 17.3 Å². The van der Waals surface area contributed by atoms with Crippen LogP contribution in [0.2, 0.25) is 0 Å². The Morgan fingerprint density at radius 1 is 1.50 bits per heavy atom. The molecule has 0 radical (unpaired) electrons. The smallest absolute Gasteiger partial charge is 0.166 e. The van der Waals surface area contributed by atoms with Crippen molar-refractivity contribution in [1.29, 1.82) is 0 Å². The van der Waals surface area contributed by atoms with Gasteiger partial charge < -0.3 is 10.5 Å². The summed E-state index contributed by atoms with van der Waals surface area (Å²) in [5, 5.41) is 4.06. The molecule has 0 aliphatic rings. The van der Waals surface area contributed by atoms with Crippen LogP contribution in [0.3, 0.4) is 0 Å². The number of nitrogens with two attached hydrogens (primary N) is 1. The van der Waals surface area contributed by atoms with Gasteiger partial charge in [-0.25, -0.2) is 4.39 Å². The van der Waals surface area contributed by atoms with Gasteiger partial charge >= 0.3 is 0 Å². The molecule has 2 N–H and O–H groups in total. The number of hydrogen-bond donors (Lipinski definition) is 1. The van der Waals surface area contributed by atoms with Crippen LogP contribution in [0.1, 0.15) is 25.5 Å². The molecule has 0 saturated heterocycles. The summed E-state index contributed by atoms with van der Waals surface area (Å²) < 4.78 is 20.9. The molecule has 1 atom stereocenters. The Kier molecular flexibility index (Phi) is 3.62. The Balaban J connectivity index is 2.19. The minimum atomic E-state index is -0.422. The Morgan fingerprint density at radius 3 is 2.83 bits per heavy atom. The lowest BCUT2D eigenvalue weighted by molar-refractivity contribution is 0.440. The molecule has 0 unspecified atom stereocenters. The van der Waals surface area contributed by atoms with Crippen molar-refractivity contribution in [1.82, 2.24) is 9.78 Å². The van der Waals surface area contributed by atoms with Crippen molar-refractivity contribution < 1.29 is 9.13 Å². The Labute approximate surface area is 105 Å². The summed E-state index contributed by atoms with van der Waals surface area (Å²) >= 11 is 0. The van der Waals surface area contributed by atoms with Gasteiger partial charge in [0, 0.05) is 12.6 Å². The molecular formula is C13H16FN3O. The molecule has 2 rings (SSSR count). The van der Waals surface area contributed by atoms with E-state index < -0.39 is 5.82 Å². The molecule has 0 fully saturated rings. The van der Waals surface area contributed by atoms with E-state index in [-0.39, 0.29) is 11.8 Å². The molecule has 96 valence electrons. The average Bonchev–Trinajstić information content (AvgIpc) is 2.79. The summed E-state index contributed by atoms with van der Waals surface area (Å²) in [7, 11) is 0. The normalized spacial score (nSPS) is 12.4. The summed E-state index contributed by atoms with van der Waals surface area (Å²) in [5.74, 6) is 0.272. The number of hydrogen-bond acceptors (Lipinski definition) is 3. The third kappa shape index (κ3) is 2.68. The minimum absolute atomic E-state index is 0.176. The van der Waals surface area contributed by atoms with Crippen LogP contribution >= 0.6 is 0 Å². The van der Waals surface area contributed by atoms with Crippen LogP contribution < -0.4 is 10.5 Å². The summed E-state index contributed by atoms with van der Waals surface area (Å²) in [6.07, 6.45) is 3.28. The maximum absolute atomic E-state index is 13.8. The Hall–Kier alpha value is -1.88. The fourth-order valence-corrected chi connectivity index (χ4v) is 1.58. The first-order valence-corrected chi connectivity index (χ1v) is 5.85. The zero-order chi connectivity index (χ0) is 13.1. The van der Waals surface area contributed by atoms with Crippen LogP contribution in [0.25, 0.3) is 0 Å². The monoisotopic (exact) mass is 249 g/mol. The minimum Gasteiger partial charge on any atom is -0.451 e. The van der Waals surface area contributed by atoms with Gasteiger partial charge in [-0.2, -0.15) is 5.10 Å². The van der Waals surface area contributed by atoms with E-state index in [4.69, 9.17) is 10.5 Å². The van der Waals surface area contributed by atoms with Crippen LogP contribution in [-0.4, -0.2) is 9.78 Å². The van der Waals surface area contributed by atoms with Gasteiger partial charge in [0.25, 0.3) is 0 Å². The number of nitrogens with zero attached hydrogens (tertiary/aromatic N) is 2. The summed E-state index contributed by atoms with van der Waals surface area (Å²) in [6.45, 7) is 4.52. The van der Waals surface area contributed by atoms with Crippen molar-refractivity contribution in [3.05, 3.63) is 42.0 Å². The molecule has 1 aromatic carbocycles. The number of halogens is 1. The second-order valence-corrected chi connectivity index (χ2v) is 4.11. The maximum atomic E-state index is 13.8. The van der Waals surface area contributed by atoms with Gasteiger partial charge in [0.05, 0.1) is 12.4 Å². The highest BCUT2D eigenvalue weighted by Crippen LogP contribution is 2.26. The number of aromatic nitrogens is 2. The van der Waals surface area contributed by atoms with Gasteiger partial charge in [-0.1, -0.05) is 6.07 Å². The molecule has 18 heavy (non-hydrogen) atoms. The van der Waals surface area contributed by atoms with Crippen LogP contribution in [-0.2, 0) is 6.54 Å². The standard InChI is InChI=1S/C13H16FN3O/c1-3-17-8-11(7-16-17)18-13-5-4-10(9(2)15)6-12(13)14/h4-9H,3,15H2,1-2H3/t9-/m0/s1. The molecule has 4 nitrogen and oxygen atoms in total. The lowest BCUT2D eigenvalue weighted by Crippen LogP contribution is -2.05. The topological polar surface area (TPSA) is 53.1 Å². The van der Waals surface area contributed by atoms with Gasteiger partial charge in [0.2, 0.25) is 0 Å². The third-order valence-corrected chi connectivity index (χ3v) is 2.64. The van der Waals surface area contributed by atoms with Crippen molar-refractivity contribution in [2.75, 3.05) is 0 Å². The predicted molar refractivity (Wildman–Crippen MR) is 67.0 cm³/mol. The van der Waals surface area contributed by atoms with Crippen LogP contribution in [0.4, 0.5) is 4.39 Å². The zero-order valence-corrected chi connectivity index (χ0v) is 10.4. The second kappa shape index (κ2) is 5.18. The quantitative estimate of drug-likeness (QED) is 0.906. The van der Waals surface area contributed by atoms with Crippen LogP contribution in [0, 0.1) is 5.82 Å². The first kappa shape index (κ1) is 12.6. The average molecular weight is 249 g/mol. The molecule has 0 aliphatic carbocycles. The summed E-state index contributed by atoms with van der Waals surface area (Å²) in [5.41, 5.74) is 6.43. The predicted octanol–water partition coefficient (Wildman–Crippen LogP) is 2.85. The third-order valence-electron chi connectivity index (χ3n) is 2.64. The molecular weight excluding hydrogens is 233 g/mol. The summed E-state index contributed by atoms with van der Waals surface area (Å²) in [6, 6.07) is 4.53. The van der Waals surface area contributed by atoms with E-state index in [1.807, 2.05) is 6.92 Å². The zero-order valence-electron chi connectivity index (χ0n) is 10.4. The van der Waals surface area contributed by atoms with Crippen molar-refractivity contribution in [3.8, 4) is 11.5 Å². The molecule has 1 aromatic heterocycles. The Bertz CT molecular complexity index is 537. The van der Waals surface area contributed by atoms with E-state index in [1.165, 1.54) is 6.07 Å². The van der Waals surface area contributed by atoms with Gasteiger partial charge in [-0.05, 0) is 31.5 Å². The highest BCUT2D eigenvalue weighted by molar-refractivity contribution is 5.33. The molecule has 0 spiro atoms. The van der Waals surface area contributed by atoms with Crippen molar-refractivity contribution >= 4 is 0 Å². The van der Waals surface area contributed by atoms with Crippen molar-refractivity contribution in [2.24, 2.45) is 5.73 Å². The largest absolute Gasteiger partial charge is 0.451 e. The van der Waals surface area contributed by atoms with E-state index in [9.17, 15) is 4.39 Å². The van der Waals surface area contributed by atoms with E-state index in [0.29, 0.717) is 5.75 Å². The Morgan fingerprint density at radius 2 is 2.28 bits per heavy atom. The lowest BCUT2D eigenvalue weighted by Gasteiger charge is -2.08. The number of rotatable bonds is 4. The fourth-order valence-electron chi connectivity index (χ4n) is 1.58. The second-order valence-electron chi connectivity index (χ2n) is 4.11. The number of aryl methyl sites for hydroxylation is 1. The highest BCUT2D eigenvalue weighted by Gasteiger charge is 2.09. The van der Waals surface area contributed by atoms with Crippen molar-refractivity contribution in [3.63, 3.8) is 0 Å². The van der Waals surface area contributed by atoms with Crippen LogP contribution in [0.15, 0.2) is 30.6 Å². The first-order chi connectivity index (χ1) is 8.60. The fraction of sp³-hybridized carbons (Fsp3) is 0.308. The van der Waals surface area contributed by atoms with E-state index in [1.54, 1.807) is 36.1 Å².